The number of alkyl halides is 2. The molecule has 1 aromatic carbocycles. The smallest absolute Gasteiger partial charge is 0.250 e. The molecule has 0 saturated carbocycles. The van der Waals surface area contributed by atoms with Gasteiger partial charge < -0.3 is 15.2 Å². The molecule has 96 valence electrons. The van der Waals surface area contributed by atoms with Crippen molar-refractivity contribution in [1.29, 1.82) is 0 Å². The Kier molecular flexibility index (Phi) is 6.18. The fourth-order valence-electron chi connectivity index (χ4n) is 1.17. The van der Waals surface area contributed by atoms with Gasteiger partial charge in [0.25, 0.3) is 6.43 Å². The quantitative estimate of drug-likeness (QED) is 0.792. The molecule has 0 fully saturated rings. The van der Waals surface area contributed by atoms with Gasteiger partial charge >= 0.3 is 0 Å². The highest BCUT2D eigenvalue weighted by atomic mass is 35.5. The lowest BCUT2D eigenvalue weighted by Crippen LogP contribution is -2.34. The maximum absolute atomic E-state index is 11.8. The molecule has 0 amide bonds. The van der Waals surface area contributed by atoms with Crippen molar-refractivity contribution < 1.29 is 18.6 Å². The Hall–Kier alpha value is -0.910. The number of para-hydroxylation sites is 1. The Bertz CT molecular complexity index is 339. The predicted molar refractivity (Wildman–Crippen MR) is 61.8 cm³/mol. The number of halogens is 3. The zero-order valence-corrected chi connectivity index (χ0v) is 9.83. The van der Waals surface area contributed by atoms with Crippen LogP contribution in [-0.4, -0.2) is 37.3 Å². The van der Waals surface area contributed by atoms with Crippen LogP contribution in [0.5, 0.6) is 5.75 Å². The molecule has 0 bridgehead atoms. The standard InChI is InChI=1S/C11H14ClF2NO2/c12-9-3-1-2-4-10(9)17-7-8(16)5-15-6-11(13)14/h1-4,8,11,15-16H,5-7H2. The first-order valence-electron chi connectivity index (χ1n) is 5.14. The maximum atomic E-state index is 11.8. The van der Waals surface area contributed by atoms with Crippen molar-refractivity contribution in [2.24, 2.45) is 0 Å². The van der Waals surface area contributed by atoms with Crippen LogP contribution in [0.15, 0.2) is 24.3 Å². The average molecular weight is 266 g/mol. The molecule has 0 aliphatic rings. The van der Waals surface area contributed by atoms with Crippen LogP contribution in [0.3, 0.4) is 0 Å². The molecule has 3 nitrogen and oxygen atoms in total. The summed E-state index contributed by atoms with van der Waals surface area (Å²) >= 11 is 5.83. The average Bonchev–Trinajstić information content (AvgIpc) is 2.27. The number of hydrogen-bond donors (Lipinski definition) is 2. The molecular weight excluding hydrogens is 252 g/mol. The molecule has 1 rings (SSSR count). The van der Waals surface area contributed by atoms with Gasteiger partial charge in [0, 0.05) is 6.54 Å². The SMILES string of the molecule is OC(CNCC(F)F)COc1ccccc1Cl. The molecule has 2 N–H and O–H groups in total. The number of hydrogen-bond acceptors (Lipinski definition) is 3. The summed E-state index contributed by atoms with van der Waals surface area (Å²) in [5.41, 5.74) is 0. The summed E-state index contributed by atoms with van der Waals surface area (Å²) in [4.78, 5) is 0. The third kappa shape index (κ3) is 5.81. The van der Waals surface area contributed by atoms with Crippen molar-refractivity contribution >= 4 is 11.6 Å². The Balaban J connectivity index is 2.24. The lowest BCUT2D eigenvalue weighted by Gasteiger charge is -2.13. The Labute approximate surface area is 103 Å². The Morgan fingerprint density at radius 2 is 2.00 bits per heavy atom. The van der Waals surface area contributed by atoms with Gasteiger partial charge in [-0.1, -0.05) is 23.7 Å². The second-order valence-corrected chi connectivity index (χ2v) is 3.85. The van der Waals surface area contributed by atoms with Gasteiger partial charge in [0.1, 0.15) is 18.5 Å². The van der Waals surface area contributed by atoms with Gasteiger partial charge in [-0.2, -0.15) is 0 Å². The molecule has 0 aliphatic heterocycles. The maximum Gasteiger partial charge on any atom is 0.250 e. The van der Waals surface area contributed by atoms with Crippen LogP contribution in [0.4, 0.5) is 8.78 Å². The number of ether oxygens (including phenoxy) is 1. The first-order chi connectivity index (χ1) is 8.09. The Morgan fingerprint density at radius 1 is 1.29 bits per heavy atom. The van der Waals surface area contributed by atoms with Gasteiger partial charge in [-0.15, -0.1) is 0 Å². The highest BCUT2D eigenvalue weighted by Crippen LogP contribution is 2.22. The van der Waals surface area contributed by atoms with Crippen molar-refractivity contribution in [2.75, 3.05) is 19.7 Å². The van der Waals surface area contributed by atoms with E-state index in [1.807, 2.05) is 0 Å². The van der Waals surface area contributed by atoms with Crippen molar-refractivity contribution in [3.63, 3.8) is 0 Å². The van der Waals surface area contributed by atoms with Gasteiger partial charge in [-0.05, 0) is 12.1 Å². The summed E-state index contributed by atoms with van der Waals surface area (Å²) in [7, 11) is 0. The van der Waals surface area contributed by atoms with E-state index in [2.05, 4.69) is 5.32 Å². The number of rotatable bonds is 7. The molecule has 0 spiro atoms. The van der Waals surface area contributed by atoms with E-state index in [-0.39, 0.29) is 13.2 Å². The predicted octanol–water partition coefficient (Wildman–Crippen LogP) is 1.93. The molecule has 1 atom stereocenters. The van der Waals surface area contributed by atoms with E-state index in [0.717, 1.165) is 0 Å². The zero-order valence-electron chi connectivity index (χ0n) is 9.07. The number of aliphatic hydroxyl groups excluding tert-OH is 1. The van der Waals surface area contributed by atoms with E-state index in [4.69, 9.17) is 16.3 Å². The fraction of sp³-hybridized carbons (Fsp3) is 0.455. The number of nitrogens with one attached hydrogen (secondary N) is 1. The van der Waals surface area contributed by atoms with Crippen molar-refractivity contribution in [3.05, 3.63) is 29.3 Å². The van der Waals surface area contributed by atoms with Crippen LogP contribution in [0, 0.1) is 0 Å². The van der Waals surface area contributed by atoms with Gasteiger partial charge in [0.15, 0.2) is 0 Å². The minimum Gasteiger partial charge on any atom is -0.489 e. The minimum atomic E-state index is -2.42. The van der Waals surface area contributed by atoms with E-state index >= 15 is 0 Å². The van der Waals surface area contributed by atoms with Gasteiger partial charge in [-0.25, -0.2) is 8.78 Å². The minimum absolute atomic E-state index is 0.0000283. The Morgan fingerprint density at radius 3 is 2.65 bits per heavy atom. The molecule has 1 unspecified atom stereocenters. The van der Waals surface area contributed by atoms with E-state index < -0.39 is 19.1 Å². The molecule has 0 aliphatic carbocycles. The van der Waals surface area contributed by atoms with E-state index in [1.54, 1.807) is 24.3 Å². The fourth-order valence-corrected chi connectivity index (χ4v) is 1.36. The largest absolute Gasteiger partial charge is 0.489 e. The second-order valence-electron chi connectivity index (χ2n) is 3.44. The van der Waals surface area contributed by atoms with Crippen LogP contribution in [0.1, 0.15) is 0 Å². The van der Waals surface area contributed by atoms with E-state index in [1.165, 1.54) is 0 Å². The molecule has 1 aromatic rings. The third-order valence-electron chi connectivity index (χ3n) is 1.95. The summed E-state index contributed by atoms with van der Waals surface area (Å²) in [6, 6.07) is 6.85. The lowest BCUT2D eigenvalue weighted by molar-refractivity contribution is 0.0952. The zero-order chi connectivity index (χ0) is 12.7. The topological polar surface area (TPSA) is 41.5 Å². The monoisotopic (exact) mass is 265 g/mol. The molecule has 0 heterocycles. The van der Waals surface area contributed by atoms with Crippen LogP contribution in [-0.2, 0) is 0 Å². The van der Waals surface area contributed by atoms with E-state index in [9.17, 15) is 13.9 Å². The van der Waals surface area contributed by atoms with Gasteiger partial charge in [0.2, 0.25) is 0 Å². The molecule has 0 radical (unpaired) electrons. The van der Waals surface area contributed by atoms with Crippen LogP contribution in [0.2, 0.25) is 5.02 Å². The first kappa shape index (κ1) is 14.2. The first-order valence-corrected chi connectivity index (χ1v) is 5.51. The summed E-state index contributed by atoms with van der Waals surface area (Å²) < 4.78 is 28.8. The third-order valence-corrected chi connectivity index (χ3v) is 2.26. The summed E-state index contributed by atoms with van der Waals surface area (Å²) in [5, 5.41) is 12.3. The highest BCUT2D eigenvalue weighted by molar-refractivity contribution is 6.32. The van der Waals surface area contributed by atoms with Crippen molar-refractivity contribution in [3.8, 4) is 5.75 Å². The molecule has 0 aromatic heterocycles. The van der Waals surface area contributed by atoms with Gasteiger partial charge in [0.05, 0.1) is 11.6 Å². The lowest BCUT2D eigenvalue weighted by atomic mass is 10.3. The highest BCUT2D eigenvalue weighted by Gasteiger charge is 2.08. The normalized spacial score (nSPS) is 12.8. The van der Waals surface area contributed by atoms with Crippen LogP contribution in [0.25, 0.3) is 0 Å². The van der Waals surface area contributed by atoms with Crippen molar-refractivity contribution in [2.45, 2.75) is 12.5 Å². The van der Waals surface area contributed by atoms with Crippen LogP contribution < -0.4 is 10.1 Å². The molecular formula is C11H14ClF2NO2. The van der Waals surface area contributed by atoms with Crippen molar-refractivity contribution in [1.82, 2.24) is 5.32 Å². The molecule has 0 saturated heterocycles. The summed E-state index contributed by atoms with van der Waals surface area (Å²) in [6.45, 7) is -0.391. The molecule has 17 heavy (non-hydrogen) atoms. The van der Waals surface area contributed by atoms with Crippen LogP contribution >= 0.6 is 11.6 Å². The summed E-state index contributed by atoms with van der Waals surface area (Å²) in [5.74, 6) is 0.460. The molecule has 6 heteroatoms. The van der Waals surface area contributed by atoms with E-state index in [0.29, 0.717) is 10.8 Å². The van der Waals surface area contributed by atoms with Gasteiger partial charge in [-0.3, -0.25) is 0 Å². The number of benzene rings is 1. The summed E-state index contributed by atoms with van der Waals surface area (Å²) in [6.07, 6.45) is -3.28. The second kappa shape index (κ2) is 7.42. The number of aliphatic hydroxyl groups is 1.